The molecule has 1 aromatic carbocycles. The Bertz CT molecular complexity index is 850. The van der Waals surface area contributed by atoms with Crippen molar-refractivity contribution in [3.05, 3.63) is 59.8 Å². The lowest BCUT2D eigenvalue weighted by molar-refractivity contribution is -0.00545. The van der Waals surface area contributed by atoms with Crippen molar-refractivity contribution in [2.45, 2.75) is 51.9 Å². The van der Waals surface area contributed by atoms with Gasteiger partial charge in [0.1, 0.15) is 5.82 Å². The fourth-order valence-electron chi connectivity index (χ4n) is 4.60. The maximum Gasteiger partial charge on any atom is 0.194 e. The van der Waals surface area contributed by atoms with E-state index in [0.29, 0.717) is 12.5 Å². The number of guanidine groups is 1. The molecular weight excluding hydrogens is 513 g/mol. The van der Waals surface area contributed by atoms with Gasteiger partial charge in [0.05, 0.1) is 18.8 Å². The van der Waals surface area contributed by atoms with Gasteiger partial charge in [0.25, 0.3) is 0 Å². The van der Waals surface area contributed by atoms with E-state index in [2.05, 4.69) is 78.4 Å². The van der Waals surface area contributed by atoms with Gasteiger partial charge in [-0.25, -0.2) is 9.98 Å². The van der Waals surface area contributed by atoms with E-state index in [1.165, 1.54) is 12.0 Å². The zero-order valence-corrected chi connectivity index (χ0v) is 21.7. The summed E-state index contributed by atoms with van der Waals surface area (Å²) in [4.78, 5) is 14.3. The Morgan fingerprint density at radius 2 is 1.84 bits per heavy atom. The van der Waals surface area contributed by atoms with E-state index in [4.69, 9.17) is 14.7 Å². The van der Waals surface area contributed by atoms with Crippen molar-refractivity contribution in [1.29, 1.82) is 0 Å². The van der Waals surface area contributed by atoms with Crippen LogP contribution in [-0.2, 0) is 11.3 Å². The van der Waals surface area contributed by atoms with Gasteiger partial charge in [0.15, 0.2) is 5.96 Å². The van der Waals surface area contributed by atoms with Crippen molar-refractivity contribution in [2.75, 3.05) is 37.6 Å². The van der Waals surface area contributed by atoms with Gasteiger partial charge in [-0.05, 0) is 44.4 Å². The van der Waals surface area contributed by atoms with Crippen LogP contribution in [0.25, 0.3) is 0 Å². The molecule has 0 spiro atoms. The summed E-state index contributed by atoms with van der Waals surface area (Å²) in [6.45, 7) is 11.7. The van der Waals surface area contributed by atoms with Crippen molar-refractivity contribution in [1.82, 2.24) is 15.2 Å². The molecule has 2 aliphatic heterocycles. The molecule has 1 aromatic heterocycles. The third-order valence-corrected chi connectivity index (χ3v) is 6.06. The molecule has 6 nitrogen and oxygen atoms in total. The third-order valence-electron chi connectivity index (χ3n) is 6.06. The molecular formula is C25H36IN5O. The zero-order chi connectivity index (χ0) is 21.6. The monoisotopic (exact) mass is 549 g/mol. The number of hydrogen-bond acceptors (Lipinski definition) is 4. The van der Waals surface area contributed by atoms with Gasteiger partial charge in [-0.1, -0.05) is 36.4 Å². The molecule has 2 fully saturated rings. The van der Waals surface area contributed by atoms with E-state index in [-0.39, 0.29) is 36.2 Å². The highest BCUT2D eigenvalue weighted by Gasteiger charge is 2.26. The van der Waals surface area contributed by atoms with Gasteiger partial charge in [0, 0.05) is 44.8 Å². The minimum absolute atomic E-state index is 0. The van der Waals surface area contributed by atoms with Crippen molar-refractivity contribution < 1.29 is 4.74 Å². The summed E-state index contributed by atoms with van der Waals surface area (Å²) in [6, 6.07) is 15.1. The number of aromatic nitrogens is 1. The standard InChI is InChI=1S/C25H35N5O.HI/c1-4-26-25(29-13-12-23(18-29)22-8-6-5-7-9-22)28-15-21-10-11-24(27-14-21)30-16-19(2)31-20(3)17-30;/h5-11,14,19-20,23H,4,12-13,15-18H2,1-3H3,(H,26,28);1H. The maximum absolute atomic E-state index is 5.84. The van der Waals surface area contributed by atoms with Gasteiger partial charge in [-0.15, -0.1) is 24.0 Å². The number of pyridine rings is 1. The molecule has 3 atom stereocenters. The van der Waals surface area contributed by atoms with Crippen molar-refractivity contribution in [3.8, 4) is 0 Å². The van der Waals surface area contributed by atoms with E-state index in [0.717, 1.165) is 50.1 Å². The summed E-state index contributed by atoms with van der Waals surface area (Å²) in [7, 11) is 0. The summed E-state index contributed by atoms with van der Waals surface area (Å²) in [5.41, 5.74) is 2.56. The van der Waals surface area contributed by atoms with Crippen LogP contribution in [0.1, 0.15) is 44.2 Å². The number of morpholine rings is 1. The Labute approximate surface area is 209 Å². The number of anilines is 1. The molecule has 0 saturated carbocycles. The largest absolute Gasteiger partial charge is 0.372 e. The first-order chi connectivity index (χ1) is 15.1. The topological polar surface area (TPSA) is 53.0 Å². The summed E-state index contributed by atoms with van der Waals surface area (Å²) < 4.78 is 5.84. The van der Waals surface area contributed by atoms with E-state index >= 15 is 0 Å². The second-order valence-electron chi connectivity index (χ2n) is 8.70. The predicted octanol–water partition coefficient (Wildman–Crippen LogP) is 4.27. The second kappa shape index (κ2) is 11.8. The quantitative estimate of drug-likeness (QED) is 0.343. The normalized spacial score (nSPS) is 23.7. The molecule has 2 aliphatic rings. The Kier molecular flexibility index (Phi) is 9.16. The molecule has 2 saturated heterocycles. The first-order valence-electron chi connectivity index (χ1n) is 11.6. The predicted molar refractivity (Wildman–Crippen MR) is 142 cm³/mol. The number of likely N-dealkylation sites (tertiary alicyclic amines) is 1. The zero-order valence-electron chi connectivity index (χ0n) is 19.4. The second-order valence-corrected chi connectivity index (χ2v) is 8.70. The fourth-order valence-corrected chi connectivity index (χ4v) is 4.60. The van der Waals surface area contributed by atoms with Crippen LogP contribution >= 0.6 is 24.0 Å². The SMILES string of the molecule is CCNC(=NCc1ccc(N2CC(C)OC(C)C2)nc1)N1CCC(c2ccccc2)C1.I. The molecule has 3 unspecified atom stereocenters. The van der Waals surface area contributed by atoms with Crippen molar-refractivity contribution >= 4 is 35.8 Å². The summed E-state index contributed by atoms with van der Waals surface area (Å²) in [6.07, 6.45) is 3.60. The van der Waals surface area contributed by atoms with E-state index in [9.17, 15) is 0 Å². The first kappa shape index (κ1) is 24.8. The van der Waals surface area contributed by atoms with Crippen LogP contribution in [0.4, 0.5) is 5.82 Å². The Morgan fingerprint density at radius 1 is 1.09 bits per heavy atom. The van der Waals surface area contributed by atoms with Crippen LogP contribution in [0, 0.1) is 0 Å². The molecule has 0 bridgehead atoms. The minimum Gasteiger partial charge on any atom is -0.372 e. The maximum atomic E-state index is 5.84. The van der Waals surface area contributed by atoms with Crippen LogP contribution in [0.3, 0.4) is 0 Å². The lowest BCUT2D eigenvalue weighted by atomic mass is 9.99. The fraction of sp³-hybridized carbons (Fsp3) is 0.520. The smallest absolute Gasteiger partial charge is 0.194 e. The highest BCUT2D eigenvalue weighted by atomic mass is 127. The van der Waals surface area contributed by atoms with Crippen LogP contribution < -0.4 is 10.2 Å². The van der Waals surface area contributed by atoms with Crippen LogP contribution in [-0.4, -0.2) is 60.8 Å². The summed E-state index contributed by atoms with van der Waals surface area (Å²) >= 11 is 0. The Hall–Kier alpha value is -1.87. The van der Waals surface area contributed by atoms with Gasteiger partial charge in [-0.2, -0.15) is 0 Å². The molecule has 4 rings (SSSR count). The average Bonchev–Trinajstić information content (AvgIpc) is 3.27. The van der Waals surface area contributed by atoms with Gasteiger partial charge in [0.2, 0.25) is 0 Å². The van der Waals surface area contributed by atoms with Gasteiger partial charge >= 0.3 is 0 Å². The number of benzene rings is 1. The number of nitrogens with one attached hydrogen (secondary N) is 1. The van der Waals surface area contributed by atoms with E-state index in [1.54, 1.807) is 0 Å². The Morgan fingerprint density at radius 3 is 2.50 bits per heavy atom. The number of aliphatic imine (C=N–C) groups is 1. The molecule has 1 N–H and O–H groups in total. The third kappa shape index (κ3) is 6.34. The number of halogens is 1. The molecule has 3 heterocycles. The summed E-state index contributed by atoms with van der Waals surface area (Å²) in [5, 5.41) is 3.47. The summed E-state index contributed by atoms with van der Waals surface area (Å²) in [5.74, 6) is 2.59. The number of ether oxygens (including phenoxy) is 1. The number of nitrogens with zero attached hydrogens (tertiary/aromatic N) is 4. The highest BCUT2D eigenvalue weighted by Crippen LogP contribution is 2.27. The number of hydrogen-bond donors (Lipinski definition) is 1. The van der Waals surface area contributed by atoms with E-state index in [1.807, 2.05) is 6.20 Å². The van der Waals surface area contributed by atoms with Crippen LogP contribution in [0.5, 0.6) is 0 Å². The highest BCUT2D eigenvalue weighted by molar-refractivity contribution is 14.0. The first-order valence-corrected chi connectivity index (χ1v) is 11.6. The van der Waals surface area contributed by atoms with Crippen LogP contribution in [0.2, 0.25) is 0 Å². The molecule has 32 heavy (non-hydrogen) atoms. The van der Waals surface area contributed by atoms with Crippen LogP contribution in [0.15, 0.2) is 53.7 Å². The molecule has 0 radical (unpaired) electrons. The lowest BCUT2D eigenvalue weighted by Gasteiger charge is -2.36. The molecule has 2 aromatic rings. The lowest BCUT2D eigenvalue weighted by Crippen LogP contribution is -2.45. The molecule has 0 aliphatic carbocycles. The van der Waals surface area contributed by atoms with Crippen molar-refractivity contribution in [2.24, 2.45) is 4.99 Å². The molecule has 0 amide bonds. The minimum atomic E-state index is 0. The van der Waals surface area contributed by atoms with Gasteiger partial charge in [-0.3, -0.25) is 0 Å². The van der Waals surface area contributed by atoms with Crippen molar-refractivity contribution in [3.63, 3.8) is 0 Å². The average molecular weight is 550 g/mol. The van der Waals surface area contributed by atoms with Gasteiger partial charge < -0.3 is 19.9 Å². The van der Waals surface area contributed by atoms with E-state index < -0.39 is 0 Å². The molecule has 7 heteroatoms. The number of rotatable bonds is 5. The Balaban J connectivity index is 0.00000289. The molecule has 174 valence electrons.